The Hall–Kier alpha value is -1.94. The molecule has 0 saturated heterocycles. The zero-order chi connectivity index (χ0) is 21.3. The van der Waals surface area contributed by atoms with E-state index < -0.39 is 47.8 Å². The average Bonchev–Trinajstić information content (AvgIpc) is 3.17. The van der Waals surface area contributed by atoms with Crippen LogP contribution in [0.1, 0.15) is 39.2 Å². The normalized spacial score (nSPS) is 23.4. The molecule has 1 saturated carbocycles. The summed E-state index contributed by atoms with van der Waals surface area (Å²) in [7, 11) is 0. The molecule has 0 spiro atoms. The van der Waals surface area contributed by atoms with Gasteiger partial charge in [-0.15, -0.1) is 13.2 Å². The third-order valence-electron chi connectivity index (χ3n) is 4.49. The Labute approximate surface area is 158 Å². The number of halogens is 5. The van der Waals surface area contributed by atoms with Gasteiger partial charge in [0.05, 0.1) is 24.2 Å². The smallest absolute Gasteiger partial charge is 0.406 e. The number of rotatable bonds is 7. The predicted octanol–water partition coefficient (Wildman–Crippen LogP) is 3.71. The Balaban J connectivity index is 2.23. The molecule has 158 valence electrons. The lowest BCUT2D eigenvalue weighted by Gasteiger charge is -2.27. The molecular weight excluding hydrogens is 389 g/mol. The molecule has 1 aromatic carbocycles. The molecule has 1 aliphatic rings. The van der Waals surface area contributed by atoms with Crippen LogP contribution in [0.2, 0.25) is 0 Å². The number of ether oxygens (including phenoxy) is 2. The van der Waals surface area contributed by atoms with Gasteiger partial charge in [0.15, 0.2) is 0 Å². The number of hydrogen-bond donors (Lipinski definition) is 2. The molecule has 10 heteroatoms. The van der Waals surface area contributed by atoms with Crippen LogP contribution in [0, 0.1) is 5.41 Å². The van der Waals surface area contributed by atoms with Crippen LogP contribution >= 0.6 is 0 Å². The number of carbonyl (C=O) groups excluding carboxylic acids is 1. The first-order valence-corrected chi connectivity index (χ1v) is 8.52. The van der Waals surface area contributed by atoms with E-state index in [1.54, 1.807) is 20.8 Å². The topological polar surface area (TPSA) is 67.8 Å². The van der Waals surface area contributed by atoms with Gasteiger partial charge in [0.2, 0.25) is 5.91 Å². The largest absolute Gasteiger partial charge is 0.573 e. The summed E-state index contributed by atoms with van der Waals surface area (Å²) in [6.07, 6.45) is -7.40. The minimum atomic E-state index is -4.92. The monoisotopic (exact) mass is 411 g/mol. The number of aliphatic hydroxyl groups excluding tert-OH is 1. The van der Waals surface area contributed by atoms with Gasteiger partial charge in [0, 0.05) is 6.42 Å². The van der Waals surface area contributed by atoms with Crippen molar-refractivity contribution in [2.45, 2.75) is 64.3 Å². The van der Waals surface area contributed by atoms with E-state index in [0.29, 0.717) is 0 Å². The second-order valence-electron chi connectivity index (χ2n) is 7.77. The van der Waals surface area contributed by atoms with Gasteiger partial charge in [-0.25, -0.2) is 0 Å². The van der Waals surface area contributed by atoms with Gasteiger partial charge in [-0.2, -0.15) is 8.78 Å². The Kier molecular flexibility index (Phi) is 6.25. The van der Waals surface area contributed by atoms with Crippen molar-refractivity contribution < 1.29 is 41.3 Å². The van der Waals surface area contributed by atoms with Crippen molar-refractivity contribution in [1.82, 2.24) is 5.32 Å². The van der Waals surface area contributed by atoms with Crippen molar-refractivity contribution in [3.63, 3.8) is 0 Å². The van der Waals surface area contributed by atoms with Crippen LogP contribution in [0.25, 0.3) is 0 Å². The highest BCUT2D eigenvalue weighted by Gasteiger charge is 2.59. The molecule has 1 aliphatic carbocycles. The molecule has 3 unspecified atom stereocenters. The molecule has 1 amide bonds. The van der Waals surface area contributed by atoms with Crippen LogP contribution in [0.4, 0.5) is 22.0 Å². The molecule has 2 rings (SSSR count). The van der Waals surface area contributed by atoms with E-state index in [2.05, 4.69) is 14.8 Å². The van der Waals surface area contributed by atoms with Crippen molar-refractivity contribution in [3.05, 3.63) is 29.8 Å². The summed E-state index contributed by atoms with van der Waals surface area (Å²) in [5, 5.41) is 12.6. The molecule has 1 fully saturated rings. The lowest BCUT2D eigenvalue weighted by molar-refractivity contribution is -0.274. The van der Waals surface area contributed by atoms with Crippen LogP contribution in [0.5, 0.6) is 5.75 Å². The molecule has 0 heterocycles. The van der Waals surface area contributed by atoms with Gasteiger partial charge in [0.25, 0.3) is 0 Å². The summed E-state index contributed by atoms with van der Waals surface area (Å²) < 4.78 is 71.0. The number of carbonyl (C=O) groups is 1. The number of alkyl halides is 5. The predicted molar refractivity (Wildman–Crippen MR) is 88.5 cm³/mol. The first-order valence-electron chi connectivity index (χ1n) is 8.52. The van der Waals surface area contributed by atoms with E-state index in [0.717, 1.165) is 12.1 Å². The standard InChI is InChI=1S/C18H22F5NO4/c1-16(2,3)12(25)8-14(26)24-17(9-13(17)27-15(19)20)10-5-4-6-11(7-10)28-18(21,22)23/h4-7,12-13,15,25H,8-9H2,1-3H3,(H,24,26). The number of aliphatic hydroxyl groups is 1. The summed E-state index contributed by atoms with van der Waals surface area (Å²) in [6.45, 7) is 2.05. The Morgan fingerprint density at radius 1 is 1.32 bits per heavy atom. The molecule has 2 N–H and O–H groups in total. The minimum Gasteiger partial charge on any atom is -0.406 e. The van der Waals surface area contributed by atoms with Gasteiger partial charge in [0.1, 0.15) is 5.75 Å². The van der Waals surface area contributed by atoms with Crippen molar-refractivity contribution in [3.8, 4) is 5.75 Å². The molecule has 0 aromatic heterocycles. The lowest BCUT2D eigenvalue weighted by atomic mass is 9.87. The van der Waals surface area contributed by atoms with Gasteiger partial charge in [-0.3, -0.25) is 4.79 Å². The van der Waals surface area contributed by atoms with Crippen molar-refractivity contribution in [2.75, 3.05) is 0 Å². The van der Waals surface area contributed by atoms with Gasteiger partial charge < -0.3 is 19.9 Å². The molecule has 0 radical (unpaired) electrons. The van der Waals surface area contributed by atoms with E-state index in [1.807, 2.05) is 0 Å². The van der Waals surface area contributed by atoms with Crippen molar-refractivity contribution in [1.29, 1.82) is 0 Å². The zero-order valence-corrected chi connectivity index (χ0v) is 15.5. The SMILES string of the molecule is CC(C)(C)C(O)CC(=O)NC1(c2cccc(OC(F)(F)F)c2)CC1OC(F)F. The van der Waals surface area contributed by atoms with E-state index in [-0.39, 0.29) is 18.4 Å². The quantitative estimate of drug-likeness (QED) is 0.672. The molecule has 0 bridgehead atoms. The highest BCUT2D eigenvalue weighted by atomic mass is 19.4. The van der Waals surface area contributed by atoms with E-state index in [1.165, 1.54) is 12.1 Å². The Bertz CT molecular complexity index is 704. The zero-order valence-electron chi connectivity index (χ0n) is 15.5. The second kappa shape index (κ2) is 7.82. The summed E-state index contributed by atoms with van der Waals surface area (Å²) in [5.74, 6) is -1.18. The van der Waals surface area contributed by atoms with Crippen LogP contribution in [-0.4, -0.2) is 36.2 Å². The Morgan fingerprint density at radius 3 is 2.50 bits per heavy atom. The van der Waals surface area contributed by atoms with Crippen molar-refractivity contribution in [2.24, 2.45) is 5.41 Å². The maximum absolute atomic E-state index is 12.6. The van der Waals surface area contributed by atoms with Crippen LogP contribution < -0.4 is 10.1 Å². The summed E-state index contributed by atoms with van der Waals surface area (Å²) in [5.41, 5.74) is -1.87. The highest BCUT2D eigenvalue weighted by molar-refractivity contribution is 5.78. The van der Waals surface area contributed by atoms with E-state index in [9.17, 15) is 31.9 Å². The molecule has 0 aliphatic heterocycles. The first kappa shape index (κ1) is 22.4. The average molecular weight is 411 g/mol. The summed E-state index contributed by atoms with van der Waals surface area (Å²) in [4.78, 5) is 12.3. The number of nitrogens with one attached hydrogen (secondary N) is 1. The molecular formula is C18H22F5NO4. The second-order valence-corrected chi connectivity index (χ2v) is 7.77. The van der Waals surface area contributed by atoms with Gasteiger partial charge >= 0.3 is 13.0 Å². The minimum absolute atomic E-state index is 0.0514. The summed E-state index contributed by atoms with van der Waals surface area (Å²) in [6, 6.07) is 4.72. The lowest BCUT2D eigenvalue weighted by Crippen LogP contribution is -2.41. The van der Waals surface area contributed by atoms with Crippen LogP contribution in [0.15, 0.2) is 24.3 Å². The molecule has 5 nitrogen and oxygen atoms in total. The number of hydrogen-bond acceptors (Lipinski definition) is 4. The van der Waals surface area contributed by atoms with Gasteiger partial charge in [-0.05, 0) is 23.1 Å². The number of benzene rings is 1. The highest BCUT2D eigenvalue weighted by Crippen LogP contribution is 2.50. The molecule has 1 aromatic rings. The van der Waals surface area contributed by atoms with Crippen LogP contribution in [0.3, 0.4) is 0 Å². The van der Waals surface area contributed by atoms with Crippen molar-refractivity contribution >= 4 is 5.91 Å². The van der Waals surface area contributed by atoms with E-state index >= 15 is 0 Å². The van der Waals surface area contributed by atoms with Gasteiger partial charge in [-0.1, -0.05) is 32.9 Å². The number of amides is 1. The maximum Gasteiger partial charge on any atom is 0.573 e. The third kappa shape index (κ3) is 5.78. The Morgan fingerprint density at radius 2 is 1.96 bits per heavy atom. The van der Waals surface area contributed by atoms with Crippen LogP contribution in [-0.2, 0) is 15.1 Å². The fourth-order valence-electron chi connectivity index (χ4n) is 2.78. The maximum atomic E-state index is 12.6. The van der Waals surface area contributed by atoms with E-state index in [4.69, 9.17) is 0 Å². The summed E-state index contributed by atoms with van der Waals surface area (Å²) >= 11 is 0. The molecule has 3 atom stereocenters. The molecule has 28 heavy (non-hydrogen) atoms. The third-order valence-corrected chi connectivity index (χ3v) is 4.49. The fraction of sp³-hybridized carbons (Fsp3) is 0.611. The first-order chi connectivity index (χ1) is 12.7. The fourth-order valence-corrected chi connectivity index (χ4v) is 2.78.